The van der Waals surface area contributed by atoms with Gasteiger partial charge < -0.3 is 15.2 Å². The van der Waals surface area contributed by atoms with E-state index >= 15 is 0 Å². The number of nitrogens with zero attached hydrogens (tertiary/aromatic N) is 3. The lowest BCUT2D eigenvalue weighted by Crippen LogP contribution is -2.51. The predicted molar refractivity (Wildman–Crippen MR) is 125 cm³/mol. The molecule has 0 aliphatic carbocycles. The third-order valence-electron chi connectivity index (χ3n) is 5.99. The van der Waals surface area contributed by atoms with E-state index in [1.807, 2.05) is 0 Å². The van der Waals surface area contributed by atoms with Crippen LogP contribution in [0.1, 0.15) is 81.2 Å². The molecule has 1 aromatic heterocycles. The number of unbranched alkanes of at least 4 members (excludes halogenated alkanes) is 7. The van der Waals surface area contributed by atoms with Crippen molar-refractivity contribution in [3.8, 4) is 11.4 Å². The third kappa shape index (κ3) is 7.35. The van der Waals surface area contributed by atoms with Crippen molar-refractivity contribution in [2.45, 2.75) is 76.8 Å². The Kier molecular flexibility index (Phi) is 10.0. The third-order valence-corrected chi connectivity index (χ3v) is 5.99. The Balaban J connectivity index is 0.00000385. The first-order valence-corrected chi connectivity index (χ1v) is 11.4. The van der Waals surface area contributed by atoms with E-state index in [-0.39, 0.29) is 35.7 Å². The molecule has 184 valence electrons. The highest BCUT2D eigenvalue weighted by atomic mass is 35.5. The molecular formula is C23H33ClF3N5O. The molecule has 2 aromatic rings. The van der Waals surface area contributed by atoms with Gasteiger partial charge in [0, 0.05) is 18.7 Å². The van der Waals surface area contributed by atoms with Crippen LogP contribution in [0.4, 0.5) is 13.2 Å². The summed E-state index contributed by atoms with van der Waals surface area (Å²) in [6, 6.07) is 4.29. The number of benzene rings is 1. The first-order chi connectivity index (χ1) is 15.3. The Morgan fingerprint density at radius 3 is 2.36 bits per heavy atom. The molecule has 3 N–H and O–H groups in total. The second-order valence-corrected chi connectivity index (χ2v) is 8.54. The molecule has 1 fully saturated rings. The fourth-order valence-electron chi connectivity index (χ4n) is 4.00. The summed E-state index contributed by atoms with van der Waals surface area (Å²) in [4.78, 5) is 5.93. The molecule has 0 radical (unpaired) electrons. The van der Waals surface area contributed by atoms with Crippen LogP contribution in [0, 0.1) is 5.41 Å². The van der Waals surface area contributed by atoms with E-state index in [1.54, 1.807) is 11.0 Å². The van der Waals surface area contributed by atoms with Crippen LogP contribution in [-0.2, 0) is 12.6 Å². The fourth-order valence-corrected chi connectivity index (χ4v) is 4.00. The summed E-state index contributed by atoms with van der Waals surface area (Å²) in [6.45, 7) is 3.16. The van der Waals surface area contributed by atoms with Gasteiger partial charge in [-0.2, -0.15) is 18.2 Å². The Morgan fingerprint density at radius 1 is 1.12 bits per heavy atom. The van der Waals surface area contributed by atoms with Crippen molar-refractivity contribution in [2.24, 2.45) is 5.73 Å². The SMILES string of the molecule is CCCCCCCCCCc1ccc(-c2noc(C3CN(C(=N)N)C3)n2)cc1C(F)(F)F.Cl. The van der Waals surface area contributed by atoms with Gasteiger partial charge in [-0.1, -0.05) is 69.2 Å². The van der Waals surface area contributed by atoms with Gasteiger partial charge in [0.1, 0.15) is 0 Å². The van der Waals surface area contributed by atoms with Crippen molar-refractivity contribution in [2.75, 3.05) is 13.1 Å². The van der Waals surface area contributed by atoms with E-state index in [0.717, 1.165) is 31.7 Å². The number of nitrogens with one attached hydrogen (secondary N) is 1. The Morgan fingerprint density at radius 2 is 1.76 bits per heavy atom. The molecule has 1 aromatic carbocycles. The van der Waals surface area contributed by atoms with Crippen molar-refractivity contribution < 1.29 is 17.7 Å². The molecule has 0 amide bonds. The van der Waals surface area contributed by atoms with Crippen LogP contribution in [0.15, 0.2) is 22.7 Å². The molecule has 33 heavy (non-hydrogen) atoms. The van der Waals surface area contributed by atoms with Gasteiger partial charge in [-0.25, -0.2) is 0 Å². The Hall–Kier alpha value is -2.29. The Bertz CT molecular complexity index is 896. The average molecular weight is 488 g/mol. The minimum Gasteiger partial charge on any atom is -0.370 e. The quantitative estimate of drug-likeness (QED) is 0.225. The van der Waals surface area contributed by atoms with E-state index in [0.29, 0.717) is 31.0 Å². The van der Waals surface area contributed by atoms with E-state index in [4.69, 9.17) is 15.7 Å². The molecule has 1 aliphatic rings. The standard InChI is InChI=1S/C23H32F3N5O.ClH/c1-2-3-4-5-6-7-8-9-10-16-11-12-17(13-19(16)23(24,25)26)20-29-21(32-30-20)18-14-31(15-18)22(27)28;/h11-13,18H,2-10,14-15H2,1H3,(H3,27,28);1H. The van der Waals surface area contributed by atoms with Crippen molar-refractivity contribution >= 4 is 18.4 Å². The van der Waals surface area contributed by atoms with Crippen LogP contribution in [0.25, 0.3) is 11.4 Å². The zero-order chi connectivity index (χ0) is 23.1. The summed E-state index contributed by atoms with van der Waals surface area (Å²) in [7, 11) is 0. The predicted octanol–water partition coefficient (Wildman–Crippen LogP) is 6.15. The molecule has 0 unspecified atom stereocenters. The van der Waals surface area contributed by atoms with E-state index in [2.05, 4.69) is 17.1 Å². The van der Waals surface area contributed by atoms with Crippen molar-refractivity contribution in [3.63, 3.8) is 0 Å². The normalized spacial score (nSPS) is 14.1. The van der Waals surface area contributed by atoms with E-state index < -0.39 is 11.7 Å². The van der Waals surface area contributed by atoms with Crippen LogP contribution in [0.2, 0.25) is 0 Å². The van der Waals surface area contributed by atoms with Gasteiger partial charge in [0.2, 0.25) is 11.7 Å². The van der Waals surface area contributed by atoms with Gasteiger partial charge in [0.05, 0.1) is 11.5 Å². The van der Waals surface area contributed by atoms with Gasteiger partial charge >= 0.3 is 6.18 Å². The zero-order valence-electron chi connectivity index (χ0n) is 19.0. The number of hydrogen-bond donors (Lipinski definition) is 2. The first kappa shape index (κ1) is 27.0. The summed E-state index contributed by atoms with van der Waals surface area (Å²) < 4.78 is 46.4. The molecule has 6 nitrogen and oxygen atoms in total. The number of rotatable bonds is 11. The fraction of sp³-hybridized carbons (Fsp3) is 0.609. The van der Waals surface area contributed by atoms with Crippen LogP contribution in [-0.4, -0.2) is 34.1 Å². The number of halogens is 4. The summed E-state index contributed by atoms with van der Waals surface area (Å²) >= 11 is 0. The maximum Gasteiger partial charge on any atom is 0.416 e. The maximum absolute atomic E-state index is 13.7. The lowest BCUT2D eigenvalue weighted by molar-refractivity contribution is -0.138. The molecule has 1 aliphatic heterocycles. The number of aryl methyl sites for hydroxylation is 1. The minimum atomic E-state index is -4.44. The smallest absolute Gasteiger partial charge is 0.370 e. The number of likely N-dealkylation sites (tertiary alicyclic amines) is 1. The van der Waals surface area contributed by atoms with Crippen LogP contribution < -0.4 is 5.73 Å². The van der Waals surface area contributed by atoms with Crippen molar-refractivity contribution in [3.05, 3.63) is 35.2 Å². The monoisotopic (exact) mass is 487 g/mol. The molecule has 0 spiro atoms. The minimum absolute atomic E-state index is 0. The highest BCUT2D eigenvalue weighted by Gasteiger charge is 2.35. The summed E-state index contributed by atoms with van der Waals surface area (Å²) in [6.07, 6.45) is 4.78. The number of hydrogen-bond acceptors (Lipinski definition) is 4. The molecule has 0 saturated carbocycles. The molecule has 3 rings (SSSR count). The van der Waals surface area contributed by atoms with E-state index in [1.165, 1.54) is 31.7 Å². The second kappa shape index (κ2) is 12.3. The lowest BCUT2D eigenvalue weighted by atomic mass is 9.97. The first-order valence-electron chi connectivity index (χ1n) is 11.4. The second-order valence-electron chi connectivity index (χ2n) is 8.54. The molecule has 1 saturated heterocycles. The van der Waals surface area contributed by atoms with Gasteiger partial charge in [0.25, 0.3) is 0 Å². The topological polar surface area (TPSA) is 92.0 Å². The largest absolute Gasteiger partial charge is 0.416 e. The highest BCUT2D eigenvalue weighted by Crippen LogP contribution is 2.36. The van der Waals surface area contributed by atoms with Crippen molar-refractivity contribution in [1.82, 2.24) is 15.0 Å². The van der Waals surface area contributed by atoms with Crippen molar-refractivity contribution in [1.29, 1.82) is 5.41 Å². The Labute approximate surface area is 199 Å². The van der Waals surface area contributed by atoms with Gasteiger partial charge in [0.15, 0.2) is 5.96 Å². The zero-order valence-corrected chi connectivity index (χ0v) is 19.8. The number of alkyl halides is 3. The number of nitrogens with two attached hydrogens (primary N) is 1. The average Bonchev–Trinajstić information content (AvgIpc) is 3.17. The molecule has 0 atom stereocenters. The van der Waals surface area contributed by atoms with Gasteiger partial charge in [-0.05, 0) is 24.5 Å². The number of guanidine groups is 1. The molecular weight excluding hydrogens is 455 g/mol. The highest BCUT2D eigenvalue weighted by molar-refractivity contribution is 5.85. The van der Waals surface area contributed by atoms with Crippen LogP contribution in [0.3, 0.4) is 0 Å². The maximum atomic E-state index is 13.7. The van der Waals surface area contributed by atoms with Crippen LogP contribution in [0.5, 0.6) is 0 Å². The lowest BCUT2D eigenvalue weighted by Gasteiger charge is -2.37. The summed E-state index contributed by atoms with van der Waals surface area (Å²) in [5.74, 6) is 0.408. The molecule has 0 bridgehead atoms. The molecule has 10 heteroatoms. The summed E-state index contributed by atoms with van der Waals surface area (Å²) in [5.41, 5.74) is 5.39. The number of aromatic nitrogens is 2. The van der Waals surface area contributed by atoms with Gasteiger partial charge in [-0.3, -0.25) is 5.41 Å². The van der Waals surface area contributed by atoms with Gasteiger partial charge in [-0.15, -0.1) is 12.4 Å². The summed E-state index contributed by atoms with van der Waals surface area (Å²) in [5, 5.41) is 11.3. The van der Waals surface area contributed by atoms with Crippen LogP contribution >= 0.6 is 12.4 Å². The van der Waals surface area contributed by atoms with E-state index in [9.17, 15) is 13.2 Å². The molecule has 2 heterocycles.